The molecule has 0 aromatic rings. The van der Waals surface area contributed by atoms with E-state index in [1.165, 1.54) is 6.42 Å². The summed E-state index contributed by atoms with van der Waals surface area (Å²) in [7, 11) is -1.63. The monoisotopic (exact) mass is 301 g/mol. The lowest BCUT2D eigenvalue weighted by Gasteiger charge is -2.38. The molecule has 0 spiro atoms. The van der Waals surface area contributed by atoms with Crippen molar-refractivity contribution in [2.45, 2.75) is 96.5 Å². The Morgan fingerprint density at radius 3 is 2.50 bits per heavy atom. The Bertz CT molecular complexity index is 289. The minimum Gasteiger partial charge on any atom is -0.414 e. The van der Waals surface area contributed by atoms with Crippen molar-refractivity contribution in [3.05, 3.63) is 0 Å². The average molecular weight is 302 g/mol. The molecule has 0 aromatic heterocycles. The van der Waals surface area contributed by atoms with Gasteiger partial charge in [0.15, 0.2) is 8.32 Å². The minimum absolute atomic E-state index is 0.284. The van der Waals surface area contributed by atoms with Gasteiger partial charge in [-0.1, -0.05) is 27.2 Å². The zero-order valence-electron chi connectivity index (χ0n) is 14.4. The van der Waals surface area contributed by atoms with E-state index in [2.05, 4.69) is 40.8 Å². The summed E-state index contributed by atoms with van der Waals surface area (Å²) in [6, 6.07) is 0.379. The number of rotatable bonds is 6. The van der Waals surface area contributed by atoms with Gasteiger partial charge in [-0.3, -0.25) is 0 Å². The number of hydroxylamine groups is 2. The molecule has 1 heterocycles. The molecule has 0 saturated carbocycles. The summed E-state index contributed by atoms with van der Waals surface area (Å²) in [5.41, 5.74) is 0. The molecule has 1 aliphatic heterocycles. The van der Waals surface area contributed by atoms with Crippen LogP contribution in [0.4, 0.5) is 0 Å². The van der Waals surface area contributed by atoms with Crippen molar-refractivity contribution >= 4 is 8.32 Å². The molecule has 1 saturated heterocycles. The van der Waals surface area contributed by atoms with Gasteiger partial charge < -0.3 is 9.63 Å². The average Bonchev–Trinajstić information content (AvgIpc) is 2.29. The number of hydrogen-bond acceptors (Lipinski definition) is 3. The van der Waals surface area contributed by atoms with E-state index < -0.39 is 8.32 Å². The molecule has 0 aliphatic carbocycles. The highest BCUT2D eigenvalue weighted by atomic mass is 28.4. The van der Waals surface area contributed by atoms with Gasteiger partial charge in [0.05, 0.1) is 0 Å². The van der Waals surface area contributed by atoms with Crippen LogP contribution in [0.1, 0.15) is 66.2 Å². The number of hydrogen-bond donors (Lipinski definition) is 1. The maximum absolute atomic E-state index is 9.84. The molecule has 0 amide bonds. The van der Waals surface area contributed by atoms with Crippen molar-refractivity contribution < 1.29 is 9.63 Å². The van der Waals surface area contributed by atoms with Gasteiger partial charge in [0.25, 0.3) is 0 Å². The van der Waals surface area contributed by atoms with Gasteiger partial charge >= 0.3 is 0 Å². The lowest BCUT2D eigenvalue weighted by molar-refractivity contribution is -0.144. The minimum atomic E-state index is -1.63. The van der Waals surface area contributed by atoms with E-state index in [-0.39, 0.29) is 5.04 Å². The van der Waals surface area contributed by atoms with Gasteiger partial charge in [-0.2, -0.15) is 5.06 Å². The van der Waals surface area contributed by atoms with Gasteiger partial charge in [-0.15, -0.1) is 0 Å². The van der Waals surface area contributed by atoms with Gasteiger partial charge in [0, 0.05) is 18.7 Å². The summed E-state index contributed by atoms with van der Waals surface area (Å²) in [6.07, 6.45) is 7.24. The topological polar surface area (TPSA) is 32.7 Å². The smallest absolute Gasteiger partial charge is 0.192 e. The highest BCUT2D eigenvalue weighted by molar-refractivity contribution is 6.74. The van der Waals surface area contributed by atoms with Gasteiger partial charge in [0.2, 0.25) is 0 Å². The van der Waals surface area contributed by atoms with Crippen LogP contribution in [-0.2, 0) is 4.43 Å². The van der Waals surface area contributed by atoms with Crippen molar-refractivity contribution in [1.29, 1.82) is 0 Å². The second kappa shape index (κ2) is 7.39. The van der Waals surface area contributed by atoms with E-state index in [1.807, 2.05) is 0 Å². The van der Waals surface area contributed by atoms with Crippen LogP contribution in [0.15, 0.2) is 0 Å². The maximum atomic E-state index is 9.84. The van der Waals surface area contributed by atoms with E-state index in [0.717, 1.165) is 38.6 Å². The second-order valence-corrected chi connectivity index (χ2v) is 12.7. The molecule has 1 N–H and O–H groups in total. The van der Waals surface area contributed by atoms with Gasteiger partial charge in [0.1, 0.15) is 0 Å². The van der Waals surface area contributed by atoms with Gasteiger partial charge in [-0.25, -0.2) is 0 Å². The van der Waals surface area contributed by atoms with Crippen LogP contribution in [0.5, 0.6) is 0 Å². The lowest BCUT2D eigenvalue weighted by Crippen LogP contribution is -2.43. The molecule has 3 nitrogen and oxygen atoms in total. The Morgan fingerprint density at radius 1 is 1.30 bits per heavy atom. The SMILES string of the molecule is CC(CCCC1CCCCN1O)O[Si](C)(C)C(C)(C)C. The fourth-order valence-electron chi connectivity index (χ4n) is 2.66. The number of nitrogens with zero attached hydrogens (tertiary/aromatic N) is 1. The Hall–Kier alpha value is 0.0969. The van der Waals surface area contributed by atoms with Crippen LogP contribution in [-0.4, -0.2) is 37.3 Å². The summed E-state index contributed by atoms with van der Waals surface area (Å²) in [5.74, 6) is 0. The lowest BCUT2D eigenvalue weighted by atomic mass is 9.98. The Labute approximate surface area is 126 Å². The van der Waals surface area contributed by atoms with Gasteiger partial charge in [-0.05, 0) is 57.2 Å². The summed E-state index contributed by atoms with van der Waals surface area (Å²) in [6.45, 7) is 14.6. The van der Waals surface area contributed by atoms with Crippen LogP contribution in [0.25, 0.3) is 0 Å². The van der Waals surface area contributed by atoms with Crippen molar-refractivity contribution in [2.75, 3.05) is 6.54 Å². The predicted octanol–water partition coefficient (Wildman–Crippen LogP) is 4.81. The third-order valence-electron chi connectivity index (χ3n) is 5.05. The molecule has 2 atom stereocenters. The van der Waals surface area contributed by atoms with E-state index in [1.54, 1.807) is 5.06 Å². The maximum Gasteiger partial charge on any atom is 0.192 e. The van der Waals surface area contributed by atoms with Crippen LogP contribution in [0, 0.1) is 0 Å². The molecular formula is C16H35NO2Si. The molecule has 2 unspecified atom stereocenters. The van der Waals surface area contributed by atoms with E-state index >= 15 is 0 Å². The van der Waals surface area contributed by atoms with Crippen LogP contribution >= 0.6 is 0 Å². The first-order valence-corrected chi connectivity index (χ1v) is 11.2. The molecule has 120 valence electrons. The molecule has 1 fully saturated rings. The summed E-state index contributed by atoms with van der Waals surface area (Å²) in [5, 5.41) is 11.7. The zero-order valence-corrected chi connectivity index (χ0v) is 15.4. The highest BCUT2D eigenvalue weighted by Crippen LogP contribution is 2.37. The standard InChI is InChI=1S/C16H35NO2Si/c1-14(19-20(5,6)16(2,3)4)10-9-12-15-11-7-8-13-17(15)18/h14-15,18H,7-13H2,1-6H3. The highest BCUT2D eigenvalue weighted by Gasteiger charge is 2.38. The molecule has 4 heteroatoms. The third kappa shape index (κ3) is 5.47. The molecule has 0 aromatic carbocycles. The molecular weight excluding hydrogens is 266 g/mol. The molecule has 20 heavy (non-hydrogen) atoms. The van der Waals surface area contributed by atoms with E-state index in [0.29, 0.717) is 12.1 Å². The van der Waals surface area contributed by atoms with Crippen molar-refractivity contribution in [3.63, 3.8) is 0 Å². The predicted molar refractivity (Wildman–Crippen MR) is 87.7 cm³/mol. The summed E-state index contributed by atoms with van der Waals surface area (Å²) >= 11 is 0. The Morgan fingerprint density at radius 2 is 1.95 bits per heavy atom. The Balaban J connectivity index is 2.28. The van der Waals surface area contributed by atoms with Crippen LogP contribution in [0.2, 0.25) is 18.1 Å². The summed E-state index contributed by atoms with van der Waals surface area (Å²) < 4.78 is 6.38. The fraction of sp³-hybridized carbons (Fsp3) is 1.00. The van der Waals surface area contributed by atoms with Crippen LogP contribution in [0.3, 0.4) is 0 Å². The number of piperidine rings is 1. The molecule has 0 radical (unpaired) electrons. The largest absolute Gasteiger partial charge is 0.414 e. The Kier molecular flexibility index (Phi) is 6.70. The second-order valence-electron chi connectivity index (χ2n) is 7.93. The quantitative estimate of drug-likeness (QED) is 0.715. The van der Waals surface area contributed by atoms with E-state index in [9.17, 15) is 5.21 Å². The zero-order chi connectivity index (χ0) is 15.4. The van der Waals surface area contributed by atoms with Crippen molar-refractivity contribution in [1.82, 2.24) is 5.06 Å². The molecule has 1 rings (SSSR count). The fourth-order valence-corrected chi connectivity index (χ4v) is 4.14. The summed E-state index contributed by atoms with van der Waals surface area (Å²) in [4.78, 5) is 0. The third-order valence-corrected chi connectivity index (χ3v) is 9.65. The molecule has 0 bridgehead atoms. The van der Waals surface area contributed by atoms with E-state index in [4.69, 9.17) is 4.43 Å². The van der Waals surface area contributed by atoms with Crippen molar-refractivity contribution in [2.24, 2.45) is 0 Å². The van der Waals surface area contributed by atoms with Crippen LogP contribution < -0.4 is 0 Å². The first-order chi connectivity index (χ1) is 9.13. The first kappa shape index (κ1) is 18.1. The van der Waals surface area contributed by atoms with Crippen molar-refractivity contribution in [3.8, 4) is 0 Å². The first-order valence-electron chi connectivity index (χ1n) is 8.27. The normalized spacial score (nSPS) is 23.9. The molecule has 1 aliphatic rings.